The van der Waals surface area contributed by atoms with E-state index in [1.807, 2.05) is 0 Å². The van der Waals surface area contributed by atoms with Crippen LogP contribution in [0.1, 0.15) is 5.56 Å². The van der Waals surface area contributed by atoms with E-state index in [9.17, 15) is 22.0 Å². The Morgan fingerprint density at radius 3 is 2.10 bits per heavy atom. The molecule has 1 atom stereocenters. The summed E-state index contributed by atoms with van der Waals surface area (Å²) in [6.45, 7) is 0. The van der Waals surface area contributed by atoms with Crippen molar-refractivity contribution in [3.63, 3.8) is 0 Å². The number of rotatable bonds is 2. The highest BCUT2D eigenvalue weighted by Crippen LogP contribution is 2.48. The smallest absolute Gasteiger partial charge is 0.197 e. The van der Waals surface area contributed by atoms with Crippen LogP contribution >= 0.6 is 0 Å². The standard InChI is InChI=1S/C16H9F5/c17-12-9(6-8-4-2-1-3-5-8)7-10-11(12)14(19)16(21)15(20)13(10)18/h1-5,7,10H,6H2. The van der Waals surface area contributed by atoms with Crippen LogP contribution in [0.3, 0.4) is 0 Å². The molecule has 108 valence electrons. The van der Waals surface area contributed by atoms with Crippen molar-refractivity contribution in [3.8, 4) is 0 Å². The van der Waals surface area contributed by atoms with Crippen molar-refractivity contribution in [1.29, 1.82) is 0 Å². The molecule has 0 heterocycles. The number of hydrogen-bond donors (Lipinski definition) is 0. The first-order valence-corrected chi connectivity index (χ1v) is 6.26. The van der Waals surface area contributed by atoms with E-state index >= 15 is 0 Å². The summed E-state index contributed by atoms with van der Waals surface area (Å²) in [6, 6.07) is 8.70. The first-order valence-electron chi connectivity index (χ1n) is 6.26. The van der Waals surface area contributed by atoms with Crippen molar-refractivity contribution < 1.29 is 22.0 Å². The lowest BCUT2D eigenvalue weighted by Gasteiger charge is -2.16. The predicted molar refractivity (Wildman–Crippen MR) is 68.3 cm³/mol. The van der Waals surface area contributed by atoms with Crippen LogP contribution < -0.4 is 0 Å². The molecule has 5 heteroatoms. The monoisotopic (exact) mass is 296 g/mol. The fourth-order valence-electron chi connectivity index (χ4n) is 2.51. The van der Waals surface area contributed by atoms with Gasteiger partial charge in [0.25, 0.3) is 0 Å². The molecule has 0 aliphatic heterocycles. The molecule has 3 rings (SSSR count). The van der Waals surface area contributed by atoms with Crippen molar-refractivity contribution in [3.05, 3.63) is 82.3 Å². The quantitative estimate of drug-likeness (QED) is 0.648. The Morgan fingerprint density at radius 1 is 0.762 bits per heavy atom. The maximum atomic E-state index is 14.2. The van der Waals surface area contributed by atoms with Crippen LogP contribution in [-0.4, -0.2) is 0 Å². The van der Waals surface area contributed by atoms with Gasteiger partial charge in [-0.05, 0) is 11.1 Å². The fraction of sp³-hybridized carbons (Fsp3) is 0.125. The van der Waals surface area contributed by atoms with E-state index in [4.69, 9.17) is 0 Å². The van der Waals surface area contributed by atoms with Gasteiger partial charge < -0.3 is 0 Å². The average molecular weight is 296 g/mol. The first kappa shape index (κ1) is 13.8. The molecule has 0 radical (unpaired) electrons. The second-order valence-corrected chi connectivity index (χ2v) is 4.85. The molecule has 21 heavy (non-hydrogen) atoms. The zero-order valence-corrected chi connectivity index (χ0v) is 10.6. The summed E-state index contributed by atoms with van der Waals surface area (Å²) >= 11 is 0. The highest BCUT2D eigenvalue weighted by Gasteiger charge is 2.40. The zero-order chi connectivity index (χ0) is 15.1. The van der Waals surface area contributed by atoms with Gasteiger partial charge in [-0.15, -0.1) is 0 Å². The van der Waals surface area contributed by atoms with Gasteiger partial charge in [-0.1, -0.05) is 36.4 Å². The molecule has 0 bridgehead atoms. The first-order chi connectivity index (χ1) is 10.0. The van der Waals surface area contributed by atoms with Gasteiger partial charge in [0.1, 0.15) is 5.83 Å². The number of hydrogen-bond acceptors (Lipinski definition) is 0. The van der Waals surface area contributed by atoms with Crippen LogP contribution in [0.15, 0.2) is 76.7 Å². The summed E-state index contributed by atoms with van der Waals surface area (Å²) < 4.78 is 67.9. The Morgan fingerprint density at radius 2 is 1.43 bits per heavy atom. The summed E-state index contributed by atoms with van der Waals surface area (Å²) in [5.74, 6) is -9.60. The number of halogens is 5. The lowest BCUT2D eigenvalue weighted by atomic mass is 9.94. The van der Waals surface area contributed by atoms with Gasteiger partial charge in [0.05, 0.1) is 5.92 Å². The largest absolute Gasteiger partial charge is 0.207 e. The summed E-state index contributed by atoms with van der Waals surface area (Å²) in [5.41, 5.74) is -0.0146. The summed E-state index contributed by atoms with van der Waals surface area (Å²) in [6.07, 6.45) is 1.19. The van der Waals surface area contributed by atoms with E-state index in [-0.39, 0.29) is 12.0 Å². The number of allylic oxidation sites excluding steroid dienone is 8. The molecule has 0 amide bonds. The molecule has 0 saturated heterocycles. The van der Waals surface area contributed by atoms with Crippen LogP contribution in [0, 0.1) is 5.92 Å². The minimum atomic E-state index is -1.98. The van der Waals surface area contributed by atoms with Crippen LogP contribution in [0.25, 0.3) is 0 Å². The lowest BCUT2D eigenvalue weighted by molar-refractivity contribution is 0.416. The van der Waals surface area contributed by atoms with Gasteiger partial charge in [0, 0.05) is 12.0 Å². The van der Waals surface area contributed by atoms with Crippen molar-refractivity contribution >= 4 is 0 Å². The SMILES string of the molecule is FC1=C(F)C2=C(F)C(Cc3ccccc3)=CC2C(F)=C1F. The molecule has 0 fully saturated rings. The molecule has 0 spiro atoms. The van der Waals surface area contributed by atoms with E-state index in [0.717, 1.165) is 11.6 Å². The van der Waals surface area contributed by atoms with Crippen LogP contribution in [0.4, 0.5) is 22.0 Å². The number of fused-ring (bicyclic) bond motifs is 1. The molecule has 0 nitrogen and oxygen atoms in total. The van der Waals surface area contributed by atoms with Gasteiger partial charge in [0.2, 0.25) is 0 Å². The van der Waals surface area contributed by atoms with Gasteiger partial charge in [-0.2, -0.15) is 0 Å². The molecule has 1 aromatic carbocycles. The minimum absolute atomic E-state index is 0.0222. The lowest BCUT2D eigenvalue weighted by Crippen LogP contribution is -2.09. The molecule has 0 aromatic heterocycles. The van der Waals surface area contributed by atoms with Crippen LogP contribution in [0.2, 0.25) is 0 Å². The summed E-state index contributed by atoms with van der Waals surface area (Å²) in [7, 11) is 0. The van der Waals surface area contributed by atoms with E-state index in [1.165, 1.54) is 0 Å². The number of benzene rings is 1. The van der Waals surface area contributed by atoms with Crippen molar-refractivity contribution in [2.75, 3.05) is 0 Å². The highest BCUT2D eigenvalue weighted by molar-refractivity contribution is 5.58. The molecule has 0 saturated carbocycles. The Hall–Kier alpha value is -2.17. The molecule has 2 aliphatic carbocycles. The van der Waals surface area contributed by atoms with Gasteiger partial charge >= 0.3 is 0 Å². The normalized spacial score (nSPS) is 22.0. The molecular weight excluding hydrogens is 287 g/mol. The molecule has 0 N–H and O–H groups in total. The maximum absolute atomic E-state index is 14.2. The van der Waals surface area contributed by atoms with Crippen LogP contribution in [-0.2, 0) is 6.42 Å². The van der Waals surface area contributed by atoms with Gasteiger partial charge in [0.15, 0.2) is 23.3 Å². The second-order valence-electron chi connectivity index (χ2n) is 4.85. The fourth-order valence-corrected chi connectivity index (χ4v) is 2.51. The maximum Gasteiger partial charge on any atom is 0.197 e. The third kappa shape index (κ3) is 2.13. The van der Waals surface area contributed by atoms with E-state index in [0.29, 0.717) is 0 Å². The van der Waals surface area contributed by atoms with E-state index in [1.54, 1.807) is 30.3 Å². The molecule has 2 aliphatic rings. The highest BCUT2D eigenvalue weighted by atomic mass is 19.2. The summed E-state index contributed by atoms with van der Waals surface area (Å²) in [4.78, 5) is 0. The Bertz CT molecular complexity index is 722. The van der Waals surface area contributed by atoms with E-state index < -0.39 is 40.6 Å². The third-order valence-corrected chi connectivity index (χ3v) is 3.54. The van der Waals surface area contributed by atoms with Crippen molar-refractivity contribution in [2.24, 2.45) is 5.92 Å². The molecule has 1 unspecified atom stereocenters. The van der Waals surface area contributed by atoms with Crippen molar-refractivity contribution in [1.82, 2.24) is 0 Å². The zero-order valence-electron chi connectivity index (χ0n) is 10.6. The summed E-state index contributed by atoms with van der Waals surface area (Å²) in [5, 5.41) is 0. The Balaban J connectivity index is 2.03. The molecular formula is C16H9F5. The predicted octanol–water partition coefficient (Wildman–Crippen LogP) is 5.32. The second kappa shape index (κ2) is 4.98. The van der Waals surface area contributed by atoms with E-state index in [2.05, 4.69) is 0 Å². The topological polar surface area (TPSA) is 0 Å². The van der Waals surface area contributed by atoms with Crippen LogP contribution in [0.5, 0.6) is 0 Å². The van der Waals surface area contributed by atoms with Crippen molar-refractivity contribution in [2.45, 2.75) is 6.42 Å². The Labute approximate surface area is 117 Å². The Kier molecular flexibility index (Phi) is 3.27. The molecule has 1 aromatic rings. The average Bonchev–Trinajstić information content (AvgIpc) is 2.81. The van der Waals surface area contributed by atoms with Gasteiger partial charge in [-0.3, -0.25) is 0 Å². The van der Waals surface area contributed by atoms with Gasteiger partial charge in [-0.25, -0.2) is 22.0 Å². The minimum Gasteiger partial charge on any atom is -0.207 e. The third-order valence-electron chi connectivity index (χ3n) is 3.54.